The third-order valence-electron chi connectivity index (χ3n) is 10.9. The number of esters is 1. The van der Waals surface area contributed by atoms with E-state index in [1.54, 1.807) is 30.6 Å². The van der Waals surface area contributed by atoms with E-state index < -0.39 is 79.6 Å². The van der Waals surface area contributed by atoms with E-state index >= 15 is 0 Å². The summed E-state index contributed by atoms with van der Waals surface area (Å²) in [5.41, 5.74) is -1.44. The number of para-hydroxylation sites is 1. The maximum absolute atomic E-state index is 14.8. The highest BCUT2D eigenvalue weighted by molar-refractivity contribution is 7.91. The molecule has 14 nitrogen and oxygen atoms in total. The Morgan fingerprint density at radius 3 is 2.14 bits per heavy atom. The fourth-order valence-corrected chi connectivity index (χ4v) is 9.14. The molecule has 2 aliphatic heterocycles. The highest BCUT2D eigenvalue weighted by Gasteiger charge is 2.62. The molecule has 2 aromatic rings. The molecule has 15 heteroatoms. The number of benzene rings is 2. The van der Waals surface area contributed by atoms with Crippen molar-refractivity contribution in [3.05, 3.63) is 78.9 Å². The van der Waals surface area contributed by atoms with Crippen LogP contribution in [0.2, 0.25) is 0 Å². The summed E-state index contributed by atoms with van der Waals surface area (Å²) >= 11 is 0. The lowest BCUT2D eigenvalue weighted by Crippen LogP contribution is -2.60. The van der Waals surface area contributed by atoms with Gasteiger partial charge in [-0.1, -0.05) is 75.4 Å². The standard InChI is InChI=1S/C41H54N6O8S/c1-8-27-22-41(27,37(51)44-56(53,54)30-19-20-30)43-35(49)31-21-29(24-46(31)36(50)34(39(2,3)4)42-23-33(48)55-40(5,6)7)45-25-32(26-15-11-9-12-16-26)47(38(45)52)28-17-13-10-14-18-28/h8-18,27,29-32,34,42H,1,19-25H2,2-7H3,(H,43,49)(H,44,51)/t27-,29-,31+,32?,34-,41-/m1/s1. The van der Waals surface area contributed by atoms with Crippen molar-refractivity contribution in [2.45, 2.75) is 108 Å². The molecule has 0 radical (unpaired) electrons. The van der Waals surface area contributed by atoms with Gasteiger partial charge in [0.2, 0.25) is 21.8 Å². The van der Waals surface area contributed by atoms with Gasteiger partial charge in [0.15, 0.2) is 0 Å². The molecule has 302 valence electrons. The fraction of sp³-hybridized carbons (Fsp3) is 0.537. The monoisotopic (exact) mass is 790 g/mol. The van der Waals surface area contributed by atoms with Gasteiger partial charge in [-0.25, -0.2) is 13.2 Å². The van der Waals surface area contributed by atoms with Crippen LogP contribution in [0.5, 0.6) is 0 Å². The zero-order valence-electron chi connectivity index (χ0n) is 33.0. The molecule has 1 unspecified atom stereocenters. The van der Waals surface area contributed by atoms with E-state index in [4.69, 9.17) is 4.74 Å². The Kier molecular flexibility index (Phi) is 11.2. The molecule has 2 saturated heterocycles. The van der Waals surface area contributed by atoms with E-state index in [1.165, 1.54) is 11.0 Å². The number of anilines is 1. The predicted molar refractivity (Wildman–Crippen MR) is 210 cm³/mol. The van der Waals surface area contributed by atoms with E-state index in [0.717, 1.165) is 5.56 Å². The SMILES string of the molecule is C=C[C@@H]1C[C@]1(NC(=O)[C@@H]1C[C@@H](N2CC(c3ccccc3)N(c3ccccc3)C2=O)CN1C(=O)[C@@H](NCC(=O)OC(C)(C)C)C(C)(C)C)C(=O)NS(=O)(=O)C1CC1. The van der Waals surface area contributed by atoms with Gasteiger partial charge in [-0.3, -0.25) is 34.1 Å². The van der Waals surface area contributed by atoms with E-state index in [1.807, 2.05) is 81.4 Å². The number of sulfonamides is 1. The van der Waals surface area contributed by atoms with Crippen LogP contribution in [-0.4, -0.2) is 102 Å². The van der Waals surface area contributed by atoms with E-state index in [-0.39, 0.29) is 44.5 Å². The molecule has 6 rings (SSSR count). The molecule has 2 heterocycles. The van der Waals surface area contributed by atoms with Gasteiger partial charge in [0.1, 0.15) is 17.2 Å². The maximum atomic E-state index is 14.8. The van der Waals surface area contributed by atoms with E-state index in [0.29, 0.717) is 18.5 Å². The van der Waals surface area contributed by atoms with Crippen molar-refractivity contribution in [2.24, 2.45) is 11.3 Å². The lowest BCUT2D eigenvalue weighted by Gasteiger charge is -2.36. The molecule has 3 N–H and O–H groups in total. The Morgan fingerprint density at radius 1 is 0.964 bits per heavy atom. The Balaban J connectivity index is 1.31. The van der Waals surface area contributed by atoms with Gasteiger partial charge in [0.05, 0.1) is 29.9 Å². The molecule has 4 aliphatic rings. The molecule has 4 fully saturated rings. The number of ether oxygens (including phenoxy) is 1. The van der Waals surface area contributed by atoms with Gasteiger partial charge in [-0.05, 0) is 69.6 Å². The molecule has 2 aromatic carbocycles. The first kappa shape index (κ1) is 40.9. The summed E-state index contributed by atoms with van der Waals surface area (Å²) in [6.45, 7) is 14.6. The average Bonchev–Trinajstić information content (AvgIpc) is 4.03. The van der Waals surface area contributed by atoms with Crippen LogP contribution in [0, 0.1) is 11.3 Å². The zero-order chi connectivity index (χ0) is 40.8. The lowest BCUT2D eigenvalue weighted by molar-refractivity contribution is -0.154. The first-order valence-electron chi connectivity index (χ1n) is 19.2. The van der Waals surface area contributed by atoms with Crippen LogP contribution < -0.4 is 20.3 Å². The summed E-state index contributed by atoms with van der Waals surface area (Å²) in [4.78, 5) is 75.0. The Hall–Kier alpha value is -4.76. The maximum Gasteiger partial charge on any atom is 0.325 e. The minimum Gasteiger partial charge on any atom is -0.459 e. The lowest BCUT2D eigenvalue weighted by atomic mass is 9.85. The van der Waals surface area contributed by atoms with Crippen LogP contribution >= 0.6 is 0 Å². The van der Waals surface area contributed by atoms with Crippen LogP contribution in [0.15, 0.2) is 73.3 Å². The van der Waals surface area contributed by atoms with E-state index in [9.17, 15) is 32.4 Å². The van der Waals surface area contributed by atoms with E-state index in [2.05, 4.69) is 21.9 Å². The number of amides is 5. The second-order valence-corrected chi connectivity index (χ2v) is 19.4. The molecule has 2 aliphatic carbocycles. The van der Waals surface area contributed by atoms with Crippen molar-refractivity contribution in [3.8, 4) is 0 Å². The summed E-state index contributed by atoms with van der Waals surface area (Å²) in [5.74, 6) is -3.06. The molecule has 0 spiro atoms. The van der Waals surface area contributed by atoms with Crippen LogP contribution in [0.4, 0.5) is 10.5 Å². The highest BCUT2D eigenvalue weighted by Crippen LogP contribution is 2.46. The average molecular weight is 791 g/mol. The first-order valence-corrected chi connectivity index (χ1v) is 20.8. The molecule has 0 bridgehead atoms. The third kappa shape index (κ3) is 8.63. The predicted octanol–water partition coefficient (Wildman–Crippen LogP) is 3.65. The van der Waals surface area contributed by atoms with Crippen molar-refractivity contribution >= 4 is 45.4 Å². The van der Waals surface area contributed by atoms with Crippen molar-refractivity contribution in [2.75, 3.05) is 24.5 Å². The van der Waals surface area contributed by atoms with Crippen LogP contribution in [0.1, 0.15) is 78.8 Å². The number of hydrogen-bond donors (Lipinski definition) is 3. The molecule has 2 saturated carbocycles. The highest BCUT2D eigenvalue weighted by atomic mass is 32.2. The van der Waals surface area contributed by atoms with Gasteiger partial charge in [-0.2, -0.15) is 0 Å². The van der Waals surface area contributed by atoms with Crippen molar-refractivity contribution in [1.29, 1.82) is 0 Å². The Bertz CT molecular complexity index is 1960. The zero-order valence-corrected chi connectivity index (χ0v) is 33.8. The first-order chi connectivity index (χ1) is 26.3. The minimum atomic E-state index is -3.92. The molecule has 5 amide bonds. The summed E-state index contributed by atoms with van der Waals surface area (Å²) < 4.78 is 33.2. The molecular weight excluding hydrogens is 737 g/mol. The molecular formula is C41H54N6O8S. The minimum absolute atomic E-state index is 0.00631. The molecule has 6 atom stereocenters. The summed E-state index contributed by atoms with van der Waals surface area (Å²) in [7, 11) is -3.92. The van der Waals surface area contributed by atoms with Gasteiger partial charge in [0, 0.05) is 24.7 Å². The number of nitrogens with zero attached hydrogens (tertiary/aromatic N) is 3. The number of likely N-dealkylation sites (tertiary alicyclic amines) is 1. The largest absolute Gasteiger partial charge is 0.459 e. The van der Waals surface area contributed by atoms with Crippen molar-refractivity contribution in [3.63, 3.8) is 0 Å². The number of nitrogens with one attached hydrogen (secondary N) is 3. The van der Waals surface area contributed by atoms with Crippen LogP contribution in [0.3, 0.4) is 0 Å². The number of carbonyl (C=O) groups excluding carboxylic acids is 5. The number of hydrogen-bond acceptors (Lipinski definition) is 9. The Labute approximate surface area is 329 Å². The van der Waals surface area contributed by atoms with Crippen LogP contribution in [-0.2, 0) is 33.9 Å². The van der Waals surface area contributed by atoms with Crippen LogP contribution in [0.25, 0.3) is 0 Å². The summed E-state index contributed by atoms with van der Waals surface area (Å²) in [6.07, 6.45) is 2.59. The molecule has 0 aromatic heterocycles. The van der Waals surface area contributed by atoms with Gasteiger partial charge in [-0.15, -0.1) is 6.58 Å². The quantitative estimate of drug-likeness (QED) is 0.202. The summed E-state index contributed by atoms with van der Waals surface area (Å²) in [6, 6.07) is 15.6. The fourth-order valence-electron chi connectivity index (χ4n) is 7.78. The number of carbonyl (C=O) groups is 5. The smallest absolute Gasteiger partial charge is 0.325 e. The second-order valence-electron chi connectivity index (χ2n) is 17.4. The van der Waals surface area contributed by atoms with Gasteiger partial charge < -0.3 is 19.9 Å². The third-order valence-corrected chi connectivity index (χ3v) is 12.7. The normalized spacial score (nSPS) is 25.8. The van der Waals surface area contributed by atoms with Gasteiger partial charge >= 0.3 is 12.0 Å². The topological polar surface area (TPSA) is 175 Å². The van der Waals surface area contributed by atoms with Gasteiger partial charge in [0.25, 0.3) is 5.91 Å². The summed E-state index contributed by atoms with van der Waals surface area (Å²) in [5, 5.41) is 5.26. The molecule has 56 heavy (non-hydrogen) atoms. The number of urea groups is 1. The van der Waals surface area contributed by atoms with Crippen molar-refractivity contribution < 1.29 is 37.1 Å². The Morgan fingerprint density at radius 2 is 1.59 bits per heavy atom. The number of rotatable bonds is 13. The second kappa shape index (κ2) is 15.3. The van der Waals surface area contributed by atoms with Crippen molar-refractivity contribution in [1.82, 2.24) is 25.2 Å².